The SMILES string of the molecule is O[SiH](O)CCCl. The van der Waals surface area contributed by atoms with Crippen LogP contribution in [0.25, 0.3) is 0 Å². The second-order valence-corrected chi connectivity index (χ2v) is 2.87. The lowest BCUT2D eigenvalue weighted by atomic mass is 11.0. The molecule has 4 heteroatoms. The second kappa shape index (κ2) is 3.61. The number of hydrogen-bond donors (Lipinski definition) is 2. The molecular formula is C2H7ClO2Si. The number of halogens is 1. The molecule has 0 fully saturated rings. The molecule has 0 radical (unpaired) electrons. The first-order valence-electron chi connectivity index (χ1n) is 1.69. The zero-order valence-corrected chi connectivity index (χ0v) is 5.17. The molecule has 0 bridgehead atoms. The molecule has 2 nitrogen and oxygen atoms in total. The van der Waals surface area contributed by atoms with E-state index in [1.165, 1.54) is 0 Å². The summed E-state index contributed by atoms with van der Waals surface area (Å²) in [5, 5.41) is 0. The number of rotatable bonds is 2. The van der Waals surface area contributed by atoms with Crippen LogP contribution in [0.1, 0.15) is 0 Å². The van der Waals surface area contributed by atoms with Crippen molar-refractivity contribution in [2.45, 2.75) is 6.04 Å². The van der Waals surface area contributed by atoms with Gasteiger partial charge in [-0.25, -0.2) is 0 Å². The van der Waals surface area contributed by atoms with E-state index in [2.05, 4.69) is 0 Å². The van der Waals surface area contributed by atoms with Crippen molar-refractivity contribution in [3.63, 3.8) is 0 Å². The minimum atomic E-state index is -2.30. The van der Waals surface area contributed by atoms with E-state index in [0.29, 0.717) is 11.9 Å². The van der Waals surface area contributed by atoms with Crippen LogP contribution in [-0.4, -0.2) is 24.8 Å². The van der Waals surface area contributed by atoms with E-state index < -0.39 is 9.28 Å². The van der Waals surface area contributed by atoms with Crippen LogP contribution in [0.2, 0.25) is 6.04 Å². The summed E-state index contributed by atoms with van der Waals surface area (Å²) in [5.41, 5.74) is 0. The summed E-state index contributed by atoms with van der Waals surface area (Å²) in [5.74, 6) is 0.365. The predicted molar refractivity (Wildman–Crippen MR) is 27.1 cm³/mol. The Morgan fingerprint density at radius 1 is 1.50 bits per heavy atom. The smallest absolute Gasteiger partial charge is 0.317 e. The summed E-state index contributed by atoms with van der Waals surface area (Å²) < 4.78 is 0. The predicted octanol–water partition coefficient (Wildman–Crippen LogP) is -0.570. The van der Waals surface area contributed by atoms with E-state index in [0.717, 1.165) is 0 Å². The Labute approximate surface area is 43.2 Å². The molecule has 0 heterocycles. The lowest BCUT2D eigenvalue weighted by molar-refractivity contribution is 0.408. The zero-order valence-electron chi connectivity index (χ0n) is 3.26. The molecule has 38 valence electrons. The standard InChI is InChI=1S/C2H7ClO2Si/c3-1-2-6(4)5/h4-6H,1-2H2. The average Bonchev–Trinajstić information content (AvgIpc) is 1.35. The van der Waals surface area contributed by atoms with Gasteiger partial charge >= 0.3 is 9.28 Å². The molecule has 0 aromatic heterocycles. The summed E-state index contributed by atoms with van der Waals surface area (Å²) in [6, 6.07) is 0.390. The summed E-state index contributed by atoms with van der Waals surface area (Å²) in [6.45, 7) is 0. The monoisotopic (exact) mass is 126 g/mol. The number of alkyl halides is 1. The molecule has 0 unspecified atom stereocenters. The first-order chi connectivity index (χ1) is 2.77. The molecule has 0 aromatic rings. The topological polar surface area (TPSA) is 40.5 Å². The third-order valence-corrected chi connectivity index (χ3v) is 1.76. The van der Waals surface area contributed by atoms with Crippen molar-refractivity contribution in [1.82, 2.24) is 0 Å². The normalized spacial score (nSPS) is 10.0. The Balaban J connectivity index is 2.63. The molecule has 2 N–H and O–H groups in total. The molecule has 0 aliphatic heterocycles. The maximum Gasteiger partial charge on any atom is 0.317 e. The van der Waals surface area contributed by atoms with Gasteiger partial charge in [0.25, 0.3) is 0 Å². The van der Waals surface area contributed by atoms with Crippen molar-refractivity contribution >= 4 is 20.9 Å². The van der Waals surface area contributed by atoms with Gasteiger partial charge in [-0.3, -0.25) is 0 Å². The Morgan fingerprint density at radius 2 is 2.00 bits per heavy atom. The van der Waals surface area contributed by atoms with Crippen LogP contribution in [0.4, 0.5) is 0 Å². The summed E-state index contributed by atoms with van der Waals surface area (Å²) in [7, 11) is -2.30. The first-order valence-corrected chi connectivity index (χ1v) is 4.08. The van der Waals surface area contributed by atoms with E-state index in [4.69, 9.17) is 21.2 Å². The van der Waals surface area contributed by atoms with E-state index in [-0.39, 0.29) is 0 Å². The molecule has 0 amide bonds. The molecule has 0 saturated carbocycles. The molecule has 6 heavy (non-hydrogen) atoms. The van der Waals surface area contributed by atoms with Crippen LogP contribution in [0.3, 0.4) is 0 Å². The van der Waals surface area contributed by atoms with Crippen LogP contribution in [0.5, 0.6) is 0 Å². The molecule has 0 saturated heterocycles. The molecule has 0 aromatic carbocycles. The van der Waals surface area contributed by atoms with Crippen molar-refractivity contribution in [3.05, 3.63) is 0 Å². The van der Waals surface area contributed by atoms with Crippen molar-refractivity contribution < 1.29 is 9.59 Å². The Morgan fingerprint density at radius 3 is 2.00 bits per heavy atom. The molecule has 0 rings (SSSR count). The van der Waals surface area contributed by atoms with Crippen LogP contribution >= 0.6 is 11.6 Å². The van der Waals surface area contributed by atoms with Gasteiger partial charge in [0.2, 0.25) is 0 Å². The molecule has 0 spiro atoms. The minimum absolute atomic E-state index is 0.365. The summed E-state index contributed by atoms with van der Waals surface area (Å²) >= 11 is 5.11. The van der Waals surface area contributed by atoms with Crippen molar-refractivity contribution in [2.75, 3.05) is 5.88 Å². The maximum atomic E-state index is 8.16. The Kier molecular flexibility index (Phi) is 3.87. The van der Waals surface area contributed by atoms with Gasteiger partial charge < -0.3 is 9.59 Å². The maximum absolute atomic E-state index is 8.16. The quantitative estimate of drug-likeness (QED) is 0.384. The van der Waals surface area contributed by atoms with Crippen molar-refractivity contribution in [2.24, 2.45) is 0 Å². The number of hydrogen-bond acceptors (Lipinski definition) is 2. The van der Waals surface area contributed by atoms with Gasteiger partial charge in [-0.2, -0.15) is 0 Å². The van der Waals surface area contributed by atoms with Crippen LogP contribution in [0.15, 0.2) is 0 Å². The van der Waals surface area contributed by atoms with Crippen LogP contribution in [-0.2, 0) is 0 Å². The van der Waals surface area contributed by atoms with Gasteiger partial charge in [0.15, 0.2) is 0 Å². The highest BCUT2D eigenvalue weighted by atomic mass is 35.5. The van der Waals surface area contributed by atoms with Gasteiger partial charge in [0.05, 0.1) is 0 Å². The van der Waals surface area contributed by atoms with Crippen molar-refractivity contribution in [1.29, 1.82) is 0 Å². The summed E-state index contributed by atoms with van der Waals surface area (Å²) in [6.07, 6.45) is 0. The van der Waals surface area contributed by atoms with E-state index in [1.807, 2.05) is 0 Å². The molecule has 0 atom stereocenters. The lowest BCUT2D eigenvalue weighted by Crippen LogP contribution is -2.09. The third kappa shape index (κ3) is 4.43. The van der Waals surface area contributed by atoms with E-state index >= 15 is 0 Å². The molecular weight excluding hydrogens is 120 g/mol. The highest BCUT2D eigenvalue weighted by Gasteiger charge is 1.96. The average molecular weight is 127 g/mol. The highest BCUT2D eigenvalue weighted by Crippen LogP contribution is 1.84. The fourth-order valence-corrected chi connectivity index (χ4v) is 0.878. The zero-order chi connectivity index (χ0) is 4.99. The van der Waals surface area contributed by atoms with Gasteiger partial charge in [-0.1, -0.05) is 0 Å². The fraction of sp³-hybridized carbons (Fsp3) is 1.00. The lowest BCUT2D eigenvalue weighted by Gasteiger charge is -1.89. The van der Waals surface area contributed by atoms with Crippen molar-refractivity contribution in [3.8, 4) is 0 Å². The molecule has 0 aliphatic carbocycles. The van der Waals surface area contributed by atoms with Gasteiger partial charge in [0, 0.05) is 11.9 Å². The minimum Gasteiger partial charge on any atom is -0.413 e. The third-order valence-electron chi connectivity index (χ3n) is 0.367. The van der Waals surface area contributed by atoms with E-state index in [9.17, 15) is 0 Å². The summed E-state index contributed by atoms with van der Waals surface area (Å²) in [4.78, 5) is 16.3. The Hall–Kier alpha value is 0.427. The molecule has 0 aliphatic rings. The first kappa shape index (κ1) is 6.43. The van der Waals surface area contributed by atoms with Crippen LogP contribution in [0, 0.1) is 0 Å². The van der Waals surface area contributed by atoms with E-state index in [1.54, 1.807) is 0 Å². The van der Waals surface area contributed by atoms with Gasteiger partial charge in [-0.15, -0.1) is 11.6 Å². The van der Waals surface area contributed by atoms with Gasteiger partial charge in [-0.05, 0) is 0 Å². The second-order valence-electron chi connectivity index (χ2n) is 0.958. The fourth-order valence-electron chi connectivity index (χ4n) is 0.0976. The highest BCUT2D eigenvalue weighted by molar-refractivity contribution is 6.42. The van der Waals surface area contributed by atoms with Gasteiger partial charge in [0.1, 0.15) is 0 Å². The van der Waals surface area contributed by atoms with Crippen LogP contribution < -0.4 is 0 Å². The Bertz CT molecular complexity index is 32.7. The largest absolute Gasteiger partial charge is 0.413 e.